The monoisotopic (exact) mass is 277 g/mol. The summed E-state index contributed by atoms with van der Waals surface area (Å²) in [6.07, 6.45) is 1.08. The Morgan fingerprint density at radius 2 is 2.20 bits per heavy atom. The van der Waals surface area contributed by atoms with Crippen molar-refractivity contribution in [2.24, 2.45) is 5.73 Å². The predicted molar refractivity (Wildman–Crippen MR) is 69.7 cm³/mol. The summed E-state index contributed by atoms with van der Waals surface area (Å²) in [4.78, 5) is 4.32. The van der Waals surface area contributed by atoms with E-state index >= 15 is 0 Å². The van der Waals surface area contributed by atoms with Crippen molar-refractivity contribution in [1.29, 1.82) is 0 Å². The van der Waals surface area contributed by atoms with E-state index < -0.39 is 0 Å². The first-order chi connectivity index (χ1) is 9.74. The van der Waals surface area contributed by atoms with E-state index in [0.717, 1.165) is 6.42 Å². The molecule has 6 heteroatoms. The van der Waals surface area contributed by atoms with E-state index in [1.165, 1.54) is 6.07 Å². The molecule has 0 radical (unpaired) electrons. The quantitative estimate of drug-likeness (QED) is 0.923. The van der Waals surface area contributed by atoms with Crippen LogP contribution in [0.5, 0.6) is 0 Å². The molecule has 1 fully saturated rings. The van der Waals surface area contributed by atoms with Crippen LogP contribution in [0.3, 0.4) is 0 Å². The molecule has 3 rings (SSSR count). The van der Waals surface area contributed by atoms with Gasteiger partial charge in [-0.15, -0.1) is 0 Å². The summed E-state index contributed by atoms with van der Waals surface area (Å²) in [5, 5.41) is 3.90. The standard InChI is InChI=1S/C14H16FN3O2/c15-11-4-2-1-3-9(11)7-13-17-14(20-18-13)10-8-19-6-5-12(10)16/h1-4,10,12H,5-8,16H2. The van der Waals surface area contributed by atoms with Gasteiger partial charge in [0.1, 0.15) is 5.82 Å². The molecule has 2 unspecified atom stereocenters. The summed E-state index contributed by atoms with van der Waals surface area (Å²) in [7, 11) is 0. The molecular formula is C14H16FN3O2. The highest BCUT2D eigenvalue weighted by Gasteiger charge is 2.29. The highest BCUT2D eigenvalue weighted by molar-refractivity contribution is 5.20. The molecule has 0 saturated carbocycles. The second-order valence-electron chi connectivity index (χ2n) is 4.95. The molecule has 2 heterocycles. The van der Waals surface area contributed by atoms with Crippen LogP contribution in [0.2, 0.25) is 0 Å². The fourth-order valence-electron chi connectivity index (χ4n) is 2.31. The third-order valence-electron chi connectivity index (χ3n) is 3.52. The van der Waals surface area contributed by atoms with Crippen molar-refractivity contribution < 1.29 is 13.7 Å². The SMILES string of the molecule is NC1CCOCC1c1nc(Cc2ccccc2F)no1. The number of hydrogen-bond acceptors (Lipinski definition) is 5. The predicted octanol–water partition coefficient (Wildman–Crippen LogP) is 1.63. The molecule has 0 spiro atoms. The van der Waals surface area contributed by atoms with Crippen LogP contribution in [0.1, 0.15) is 29.6 Å². The first kappa shape index (κ1) is 13.2. The van der Waals surface area contributed by atoms with E-state index in [2.05, 4.69) is 10.1 Å². The molecule has 2 atom stereocenters. The summed E-state index contributed by atoms with van der Waals surface area (Å²) < 4.78 is 24.2. The van der Waals surface area contributed by atoms with Gasteiger partial charge in [0.2, 0.25) is 5.89 Å². The third kappa shape index (κ3) is 2.71. The molecule has 0 amide bonds. The number of nitrogens with zero attached hydrogens (tertiary/aromatic N) is 2. The average molecular weight is 277 g/mol. The largest absolute Gasteiger partial charge is 0.381 e. The Kier molecular flexibility index (Phi) is 3.75. The van der Waals surface area contributed by atoms with E-state index in [1.54, 1.807) is 18.2 Å². The van der Waals surface area contributed by atoms with Crippen LogP contribution < -0.4 is 5.73 Å². The summed E-state index contributed by atoms with van der Waals surface area (Å²) in [6.45, 7) is 1.15. The fraction of sp³-hybridized carbons (Fsp3) is 0.429. The normalized spacial score (nSPS) is 22.9. The Hall–Kier alpha value is -1.79. The molecular weight excluding hydrogens is 261 g/mol. The number of aromatic nitrogens is 2. The van der Waals surface area contributed by atoms with Crippen LogP contribution in [-0.2, 0) is 11.2 Å². The molecule has 0 aliphatic carbocycles. The van der Waals surface area contributed by atoms with Crippen LogP contribution >= 0.6 is 0 Å². The van der Waals surface area contributed by atoms with Crippen molar-refractivity contribution in [1.82, 2.24) is 10.1 Å². The zero-order chi connectivity index (χ0) is 13.9. The van der Waals surface area contributed by atoms with Gasteiger partial charge in [-0.3, -0.25) is 0 Å². The highest BCUT2D eigenvalue weighted by atomic mass is 19.1. The Morgan fingerprint density at radius 1 is 1.35 bits per heavy atom. The molecule has 1 aliphatic rings. The lowest BCUT2D eigenvalue weighted by Gasteiger charge is -2.25. The number of rotatable bonds is 3. The van der Waals surface area contributed by atoms with Crippen molar-refractivity contribution in [3.05, 3.63) is 47.4 Å². The number of hydrogen-bond donors (Lipinski definition) is 1. The number of halogens is 1. The average Bonchev–Trinajstić information content (AvgIpc) is 2.90. The minimum absolute atomic E-state index is 0.0366. The molecule has 106 valence electrons. The summed E-state index contributed by atoms with van der Waals surface area (Å²) in [6, 6.07) is 6.52. The second-order valence-corrected chi connectivity index (χ2v) is 4.95. The second kappa shape index (κ2) is 5.68. The van der Waals surface area contributed by atoms with Crippen LogP contribution in [-0.4, -0.2) is 29.4 Å². The maximum atomic E-state index is 13.6. The molecule has 20 heavy (non-hydrogen) atoms. The molecule has 1 aromatic heterocycles. The molecule has 1 saturated heterocycles. The van der Waals surface area contributed by atoms with Gasteiger partial charge in [-0.25, -0.2) is 4.39 Å². The van der Waals surface area contributed by atoms with Gasteiger partial charge in [0.05, 0.1) is 12.5 Å². The summed E-state index contributed by atoms with van der Waals surface area (Å²) in [5.41, 5.74) is 6.57. The third-order valence-corrected chi connectivity index (χ3v) is 3.52. The van der Waals surface area contributed by atoms with Crippen molar-refractivity contribution in [3.8, 4) is 0 Å². The van der Waals surface area contributed by atoms with Crippen LogP contribution in [0, 0.1) is 5.82 Å². The van der Waals surface area contributed by atoms with Crippen LogP contribution in [0.4, 0.5) is 4.39 Å². The van der Waals surface area contributed by atoms with Gasteiger partial charge < -0.3 is 15.0 Å². The molecule has 2 aromatic rings. The van der Waals surface area contributed by atoms with Gasteiger partial charge in [-0.2, -0.15) is 4.98 Å². The molecule has 1 aliphatic heterocycles. The minimum Gasteiger partial charge on any atom is -0.381 e. The van der Waals surface area contributed by atoms with Gasteiger partial charge in [0.15, 0.2) is 5.82 Å². The van der Waals surface area contributed by atoms with Crippen molar-refractivity contribution in [2.75, 3.05) is 13.2 Å². The van der Waals surface area contributed by atoms with E-state index in [0.29, 0.717) is 36.9 Å². The lowest BCUT2D eigenvalue weighted by atomic mass is 9.97. The van der Waals surface area contributed by atoms with Gasteiger partial charge in [0.25, 0.3) is 0 Å². The van der Waals surface area contributed by atoms with E-state index in [1.807, 2.05) is 0 Å². The number of benzene rings is 1. The first-order valence-electron chi connectivity index (χ1n) is 6.63. The maximum absolute atomic E-state index is 13.6. The van der Waals surface area contributed by atoms with Crippen LogP contribution in [0.25, 0.3) is 0 Å². The molecule has 5 nitrogen and oxygen atoms in total. The van der Waals surface area contributed by atoms with E-state index in [4.69, 9.17) is 15.0 Å². The van der Waals surface area contributed by atoms with E-state index in [-0.39, 0.29) is 17.8 Å². The lowest BCUT2D eigenvalue weighted by molar-refractivity contribution is 0.0590. The van der Waals surface area contributed by atoms with Crippen molar-refractivity contribution >= 4 is 0 Å². The smallest absolute Gasteiger partial charge is 0.233 e. The van der Waals surface area contributed by atoms with Gasteiger partial charge in [0, 0.05) is 19.1 Å². The number of ether oxygens (including phenoxy) is 1. The molecule has 1 aromatic carbocycles. The maximum Gasteiger partial charge on any atom is 0.233 e. The van der Waals surface area contributed by atoms with Gasteiger partial charge in [-0.05, 0) is 18.1 Å². The molecule has 0 bridgehead atoms. The van der Waals surface area contributed by atoms with Gasteiger partial charge >= 0.3 is 0 Å². The molecule has 2 N–H and O–H groups in total. The summed E-state index contributed by atoms with van der Waals surface area (Å²) in [5.74, 6) is 0.591. The minimum atomic E-state index is -0.267. The van der Waals surface area contributed by atoms with Crippen molar-refractivity contribution in [3.63, 3.8) is 0 Å². The van der Waals surface area contributed by atoms with E-state index in [9.17, 15) is 4.39 Å². The Morgan fingerprint density at radius 3 is 3.00 bits per heavy atom. The first-order valence-corrected chi connectivity index (χ1v) is 6.63. The fourth-order valence-corrected chi connectivity index (χ4v) is 2.31. The number of nitrogens with two attached hydrogens (primary N) is 1. The Bertz CT molecular complexity index is 587. The topological polar surface area (TPSA) is 74.2 Å². The van der Waals surface area contributed by atoms with Crippen molar-refractivity contribution in [2.45, 2.75) is 24.8 Å². The highest BCUT2D eigenvalue weighted by Crippen LogP contribution is 2.23. The Balaban J connectivity index is 1.75. The summed E-state index contributed by atoms with van der Waals surface area (Å²) >= 11 is 0. The lowest BCUT2D eigenvalue weighted by Crippen LogP contribution is -2.37. The zero-order valence-corrected chi connectivity index (χ0v) is 11.0. The zero-order valence-electron chi connectivity index (χ0n) is 11.0. The Labute approximate surface area is 115 Å². The van der Waals surface area contributed by atoms with Crippen LogP contribution in [0.15, 0.2) is 28.8 Å². The van der Waals surface area contributed by atoms with Gasteiger partial charge in [-0.1, -0.05) is 23.4 Å².